The van der Waals surface area contributed by atoms with Crippen molar-refractivity contribution in [2.24, 2.45) is 5.41 Å². The number of halogens is 2. The maximum atomic E-state index is 12.3. The average molecular weight is 345 g/mol. The second-order valence-electron chi connectivity index (χ2n) is 5.85. The smallest absolute Gasteiger partial charge is 0.310 e. The van der Waals surface area contributed by atoms with Gasteiger partial charge in [-0.1, -0.05) is 29.3 Å². The van der Waals surface area contributed by atoms with Gasteiger partial charge in [-0.25, -0.2) is 0 Å². The van der Waals surface area contributed by atoms with Crippen LogP contribution in [0.4, 0.5) is 5.69 Å². The molecule has 1 heterocycles. The van der Waals surface area contributed by atoms with Crippen LogP contribution in [0.25, 0.3) is 0 Å². The van der Waals surface area contributed by atoms with Crippen molar-refractivity contribution < 1.29 is 14.7 Å². The average Bonchev–Trinajstić information content (AvgIpc) is 2.87. The van der Waals surface area contributed by atoms with E-state index in [1.54, 1.807) is 32.0 Å². The van der Waals surface area contributed by atoms with Crippen LogP contribution >= 0.6 is 23.2 Å². The van der Waals surface area contributed by atoms with Crippen LogP contribution in [-0.4, -0.2) is 41.0 Å². The van der Waals surface area contributed by atoms with Gasteiger partial charge in [0.15, 0.2) is 0 Å². The summed E-state index contributed by atoms with van der Waals surface area (Å²) in [4.78, 5) is 25.5. The molecular formula is C15H18Cl2N2O3. The maximum absolute atomic E-state index is 12.3. The molecule has 1 fully saturated rings. The number of amides is 1. The predicted molar refractivity (Wildman–Crippen MR) is 86.5 cm³/mol. The summed E-state index contributed by atoms with van der Waals surface area (Å²) in [5, 5.41) is 12.7. The molecule has 0 aromatic heterocycles. The van der Waals surface area contributed by atoms with Crippen LogP contribution in [0.5, 0.6) is 0 Å². The van der Waals surface area contributed by atoms with Crippen molar-refractivity contribution in [2.75, 3.05) is 18.4 Å². The molecule has 1 aliphatic heterocycles. The Labute approximate surface area is 139 Å². The molecule has 0 bridgehead atoms. The number of nitrogens with zero attached hydrogens (tertiary/aromatic N) is 1. The standard InChI is InChI=1S/C15H18Cl2N2O3/c1-9(19-7-6-15(2,8-19)14(21)22)13(20)18-11-5-3-4-10(16)12(11)17/h3-5,9H,6-8H2,1-2H3,(H,18,20)(H,21,22). The van der Waals surface area contributed by atoms with E-state index in [0.29, 0.717) is 35.2 Å². The second kappa shape index (κ2) is 6.44. The van der Waals surface area contributed by atoms with Crippen LogP contribution in [0.2, 0.25) is 10.0 Å². The molecule has 2 N–H and O–H groups in total. The number of rotatable bonds is 4. The van der Waals surface area contributed by atoms with Gasteiger partial charge < -0.3 is 10.4 Å². The molecule has 22 heavy (non-hydrogen) atoms. The number of hydrogen-bond acceptors (Lipinski definition) is 3. The molecule has 0 spiro atoms. The number of carbonyl (C=O) groups excluding carboxylic acids is 1. The summed E-state index contributed by atoms with van der Waals surface area (Å²) in [6, 6.07) is 4.56. The molecule has 1 aromatic rings. The van der Waals surface area contributed by atoms with Crippen LogP contribution in [0.1, 0.15) is 20.3 Å². The minimum atomic E-state index is -0.833. The summed E-state index contributed by atoms with van der Waals surface area (Å²) in [7, 11) is 0. The highest BCUT2D eigenvalue weighted by Crippen LogP contribution is 2.32. The Morgan fingerprint density at radius 2 is 2.09 bits per heavy atom. The number of carbonyl (C=O) groups is 2. The van der Waals surface area contributed by atoms with Gasteiger partial charge in [-0.05, 0) is 32.4 Å². The van der Waals surface area contributed by atoms with E-state index >= 15 is 0 Å². The van der Waals surface area contributed by atoms with Gasteiger partial charge in [-0.15, -0.1) is 0 Å². The fourth-order valence-corrected chi connectivity index (χ4v) is 2.85. The number of likely N-dealkylation sites (tertiary alicyclic amines) is 1. The molecular weight excluding hydrogens is 327 g/mol. The third-order valence-electron chi connectivity index (χ3n) is 4.16. The normalized spacial score (nSPS) is 23.3. The van der Waals surface area contributed by atoms with Gasteiger partial charge in [0.2, 0.25) is 5.91 Å². The van der Waals surface area contributed by atoms with Crippen LogP contribution in [0, 0.1) is 5.41 Å². The first-order valence-electron chi connectivity index (χ1n) is 6.97. The minimum Gasteiger partial charge on any atom is -0.481 e. The van der Waals surface area contributed by atoms with Gasteiger partial charge in [0.25, 0.3) is 0 Å². The highest BCUT2D eigenvalue weighted by molar-refractivity contribution is 6.44. The number of carboxylic acids is 1. The fourth-order valence-electron chi connectivity index (χ4n) is 2.51. The molecule has 2 unspecified atom stereocenters. The lowest BCUT2D eigenvalue weighted by Crippen LogP contribution is -2.42. The third-order valence-corrected chi connectivity index (χ3v) is 4.97. The van der Waals surface area contributed by atoms with Gasteiger partial charge >= 0.3 is 5.97 Å². The van der Waals surface area contributed by atoms with E-state index in [1.807, 2.05) is 4.90 Å². The van der Waals surface area contributed by atoms with Crippen molar-refractivity contribution in [3.05, 3.63) is 28.2 Å². The van der Waals surface area contributed by atoms with Crippen molar-refractivity contribution in [2.45, 2.75) is 26.3 Å². The van der Waals surface area contributed by atoms with Gasteiger partial charge in [0.1, 0.15) is 0 Å². The summed E-state index contributed by atoms with van der Waals surface area (Å²) < 4.78 is 0. The van der Waals surface area contributed by atoms with E-state index in [0.717, 1.165) is 0 Å². The maximum Gasteiger partial charge on any atom is 0.310 e. The second-order valence-corrected chi connectivity index (χ2v) is 6.64. The SMILES string of the molecule is CC(C(=O)Nc1cccc(Cl)c1Cl)N1CCC(C)(C(=O)O)C1. The lowest BCUT2D eigenvalue weighted by Gasteiger charge is -2.25. The van der Waals surface area contributed by atoms with E-state index in [9.17, 15) is 14.7 Å². The zero-order chi connectivity index (χ0) is 16.5. The molecule has 2 rings (SSSR count). The van der Waals surface area contributed by atoms with Crippen LogP contribution < -0.4 is 5.32 Å². The van der Waals surface area contributed by atoms with E-state index < -0.39 is 17.4 Å². The molecule has 120 valence electrons. The van der Waals surface area contributed by atoms with Gasteiger partial charge in [0.05, 0.1) is 27.2 Å². The number of hydrogen-bond donors (Lipinski definition) is 2. The van der Waals surface area contributed by atoms with Crippen molar-refractivity contribution >= 4 is 40.8 Å². The van der Waals surface area contributed by atoms with Crippen molar-refractivity contribution in [1.29, 1.82) is 0 Å². The lowest BCUT2D eigenvalue weighted by molar-refractivity contribution is -0.147. The number of benzene rings is 1. The first kappa shape index (κ1) is 17.1. The Morgan fingerprint density at radius 1 is 1.41 bits per heavy atom. The fraction of sp³-hybridized carbons (Fsp3) is 0.467. The number of carboxylic acid groups (broad SMARTS) is 1. The van der Waals surface area contributed by atoms with Crippen LogP contribution in [0.3, 0.4) is 0 Å². The van der Waals surface area contributed by atoms with Crippen molar-refractivity contribution in [3.8, 4) is 0 Å². The Balaban J connectivity index is 2.04. The number of aliphatic carboxylic acids is 1. The third kappa shape index (κ3) is 3.37. The Kier molecular flexibility index (Phi) is 5.00. The van der Waals surface area contributed by atoms with Crippen molar-refractivity contribution in [3.63, 3.8) is 0 Å². The molecule has 1 amide bonds. The Hall–Kier alpha value is -1.30. The molecule has 7 heteroatoms. The van der Waals surface area contributed by atoms with Gasteiger partial charge in [-0.3, -0.25) is 14.5 Å². The zero-order valence-corrected chi connectivity index (χ0v) is 13.9. The summed E-state index contributed by atoms with van der Waals surface area (Å²) >= 11 is 12.0. The van der Waals surface area contributed by atoms with Crippen LogP contribution in [-0.2, 0) is 9.59 Å². The quantitative estimate of drug-likeness (QED) is 0.880. The van der Waals surface area contributed by atoms with Crippen LogP contribution in [0.15, 0.2) is 18.2 Å². The zero-order valence-electron chi connectivity index (χ0n) is 12.4. The van der Waals surface area contributed by atoms with Crippen molar-refractivity contribution in [1.82, 2.24) is 4.90 Å². The largest absolute Gasteiger partial charge is 0.481 e. The number of nitrogens with one attached hydrogen (secondary N) is 1. The highest BCUT2D eigenvalue weighted by Gasteiger charge is 2.42. The lowest BCUT2D eigenvalue weighted by atomic mass is 9.90. The number of anilines is 1. The van der Waals surface area contributed by atoms with E-state index in [4.69, 9.17) is 23.2 Å². The van der Waals surface area contributed by atoms with E-state index in [1.165, 1.54) is 0 Å². The van der Waals surface area contributed by atoms with Gasteiger partial charge in [-0.2, -0.15) is 0 Å². The summed E-state index contributed by atoms with van der Waals surface area (Å²) in [6.07, 6.45) is 0.526. The topological polar surface area (TPSA) is 69.6 Å². The summed E-state index contributed by atoms with van der Waals surface area (Å²) in [5.41, 5.74) is -0.353. The van der Waals surface area contributed by atoms with Gasteiger partial charge in [0, 0.05) is 13.1 Å². The predicted octanol–water partition coefficient (Wildman–Crippen LogP) is 3.12. The van der Waals surface area contributed by atoms with E-state index in [2.05, 4.69) is 5.32 Å². The molecule has 0 saturated carbocycles. The Morgan fingerprint density at radius 3 is 2.68 bits per heavy atom. The molecule has 1 saturated heterocycles. The summed E-state index contributed by atoms with van der Waals surface area (Å²) in [6.45, 7) is 4.37. The molecule has 1 aliphatic rings. The molecule has 1 aromatic carbocycles. The first-order chi connectivity index (χ1) is 10.2. The highest BCUT2D eigenvalue weighted by atomic mass is 35.5. The first-order valence-corrected chi connectivity index (χ1v) is 7.72. The molecule has 2 atom stereocenters. The van der Waals surface area contributed by atoms with E-state index in [-0.39, 0.29) is 5.91 Å². The summed E-state index contributed by atoms with van der Waals surface area (Å²) in [5.74, 6) is -1.07. The molecule has 5 nitrogen and oxygen atoms in total. The molecule has 0 radical (unpaired) electrons. The minimum absolute atomic E-state index is 0.237. The molecule has 0 aliphatic carbocycles. The monoisotopic (exact) mass is 344 g/mol. The Bertz CT molecular complexity index is 608.